The molecule has 1 heterocycles. The Balaban J connectivity index is 2.56. The van der Waals surface area contributed by atoms with Gasteiger partial charge in [0.15, 0.2) is 11.5 Å². The van der Waals surface area contributed by atoms with Crippen LogP contribution < -0.4 is 9.47 Å². The zero-order valence-electron chi connectivity index (χ0n) is 10.3. The first-order valence-corrected chi connectivity index (χ1v) is 5.91. The average molecular weight is 254 g/mol. The van der Waals surface area contributed by atoms with Crippen LogP contribution in [0, 0.1) is 0 Å². The first-order valence-electron chi connectivity index (χ1n) is 5.48. The molecule has 0 bridgehead atoms. The van der Waals surface area contributed by atoms with Gasteiger partial charge in [0.25, 0.3) is 0 Å². The van der Waals surface area contributed by atoms with Crippen LogP contribution in [0.3, 0.4) is 0 Å². The number of methoxy groups -OCH3 is 2. The Morgan fingerprint density at radius 2 is 1.88 bits per heavy atom. The first kappa shape index (κ1) is 12.1. The van der Waals surface area contributed by atoms with E-state index in [2.05, 4.69) is 4.90 Å². The normalized spacial score (nSPS) is 16.9. The number of nitrogens with zero attached hydrogens (tertiary/aromatic N) is 1. The lowest BCUT2D eigenvalue weighted by Crippen LogP contribution is -2.25. The smallest absolute Gasteiger partial charge is 0.161 e. The molecule has 92 valence electrons. The lowest BCUT2D eigenvalue weighted by Gasteiger charge is -2.30. The molecular formula is C13H16ClNO2. The summed E-state index contributed by atoms with van der Waals surface area (Å²) in [5.41, 5.74) is 5.00. The largest absolute Gasteiger partial charge is 0.493 e. The molecule has 0 fully saturated rings. The minimum Gasteiger partial charge on any atom is -0.493 e. The van der Waals surface area contributed by atoms with Crippen LogP contribution in [0.5, 0.6) is 11.5 Å². The highest BCUT2D eigenvalue weighted by Gasteiger charge is 2.20. The summed E-state index contributed by atoms with van der Waals surface area (Å²) in [6.07, 6.45) is 0.987. The lowest BCUT2D eigenvalue weighted by molar-refractivity contribution is 0.353. The molecule has 0 saturated heterocycles. The van der Waals surface area contributed by atoms with Gasteiger partial charge in [0.05, 0.1) is 19.9 Å². The van der Waals surface area contributed by atoms with Gasteiger partial charge in [-0.25, -0.2) is 0 Å². The average Bonchev–Trinajstić information content (AvgIpc) is 2.37. The Morgan fingerprint density at radius 1 is 1.24 bits per heavy atom. The van der Waals surface area contributed by atoms with Gasteiger partial charge in [-0.3, -0.25) is 0 Å². The summed E-state index contributed by atoms with van der Waals surface area (Å²) in [7, 11) is 5.33. The summed E-state index contributed by atoms with van der Waals surface area (Å²) < 4.78 is 10.6. The monoisotopic (exact) mass is 253 g/mol. The second kappa shape index (κ2) is 4.88. The summed E-state index contributed by atoms with van der Waals surface area (Å²) >= 11 is 5.90. The fourth-order valence-corrected chi connectivity index (χ4v) is 2.41. The van der Waals surface area contributed by atoms with Crippen LogP contribution in [0.2, 0.25) is 0 Å². The van der Waals surface area contributed by atoms with E-state index in [0.717, 1.165) is 35.7 Å². The van der Waals surface area contributed by atoms with Gasteiger partial charge in [-0.2, -0.15) is 0 Å². The van der Waals surface area contributed by atoms with Gasteiger partial charge in [0.1, 0.15) is 0 Å². The van der Waals surface area contributed by atoms with Crippen LogP contribution in [0.15, 0.2) is 17.7 Å². The van der Waals surface area contributed by atoms with Crippen LogP contribution in [-0.4, -0.2) is 32.7 Å². The molecule has 0 N–H and O–H groups in total. The maximum Gasteiger partial charge on any atom is 0.161 e. The molecule has 4 heteroatoms. The van der Waals surface area contributed by atoms with E-state index in [0.29, 0.717) is 0 Å². The number of halogens is 1. The number of rotatable bonds is 2. The second-order valence-electron chi connectivity index (χ2n) is 4.03. The third kappa shape index (κ3) is 2.07. The molecule has 1 aromatic rings. The Kier molecular flexibility index (Phi) is 3.48. The molecule has 0 unspecified atom stereocenters. The van der Waals surface area contributed by atoms with Crippen molar-refractivity contribution >= 4 is 17.3 Å². The summed E-state index contributed by atoms with van der Waals surface area (Å²) in [5, 5.41) is 0. The van der Waals surface area contributed by atoms with Crippen LogP contribution >= 0.6 is 11.6 Å². The van der Waals surface area contributed by atoms with Crippen LogP contribution in [0.1, 0.15) is 11.1 Å². The molecule has 0 amide bonds. The van der Waals surface area contributed by atoms with Crippen molar-refractivity contribution in [2.24, 2.45) is 0 Å². The van der Waals surface area contributed by atoms with Crippen molar-refractivity contribution in [3.63, 3.8) is 0 Å². The van der Waals surface area contributed by atoms with E-state index in [9.17, 15) is 0 Å². The van der Waals surface area contributed by atoms with Gasteiger partial charge >= 0.3 is 0 Å². The third-order valence-electron chi connectivity index (χ3n) is 3.12. The Bertz CT molecular complexity index is 457. The minimum atomic E-state index is 0.734. The Labute approximate surface area is 107 Å². The van der Waals surface area contributed by atoms with Crippen molar-refractivity contribution in [3.05, 3.63) is 28.8 Å². The first-order chi connectivity index (χ1) is 8.21. The molecule has 3 nitrogen and oxygen atoms in total. The maximum atomic E-state index is 5.90. The quantitative estimate of drug-likeness (QED) is 0.809. The Hall–Kier alpha value is -1.35. The van der Waals surface area contributed by atoms with Gasteiger partial charge < -0.3 is 14.4 Å². The van der Waals surface area contributed by atoms with Gasteiger partial charge in [0, 0.05) is 24.7 Å². The highest BCUT2D eigenvalue weighted by molar-refractivity contribution is 6.28. The predicted molar refractivity (Wildman–Crippen MR) is 69.7 cm³/mol. The molecule has 0 saturated carbocycles. The van der Waals surface area contributed by atoms with Crippen molar-refractivity contribution in [1.29, 1.82) is 0 Å². The van der Waals surface area contributed by atoms with Crippen molar-refractivity contribution in [3.8, 4) is 11.5 Å². The third-order valence-corrected chi connectivity index (χ3v) is 3.32. The van der Waals surface area contributed by atoms with E-state index in [1.165, 1.54) is 5.56 Å². The van der Waals surface area contributed by atoms with E-state index in [1.807, 2.05) is 19.2 Å². The van der Waals surface area contributed by atoms with E-state index in [1.54, 1.807) is 19.8 Å². The zero-order valence-corrected chi connectivity index (χ0v) is 11.0. The second-order valence-corrected chi connectivity index (χ2v) is 4.25. The molecule has 1 aromatic carbocycles. The molecule has 1 aliphatic heterocycles. The van der Waals surface area contributed by atoms with Gasteiger partial charge in [-0.05, 0) is 24.1 Å². The Morgan fingerprint density at radius 3 is 2.47 bits per heavy atom. The van der Waals surface area contributed by atoms with E-state index in [-0.39, 0.29) is 0 Å². The van der Waals surface area contributed by atoms with Crippen molar-refractivity contribution in [2.75, 3.05) is 27.8 Å². The minimum absolute atomic E-state index is 0.734. The van der Waals surface area contributed by atoms with Crippen molar-refractivity contribution < 1.29 is 9.47 Å². The molecule has 0 aliphatic carbocycles. The number of benzene rings is 1. The topological polar surface area (TPSA) is 21.7 Å². The number of ether oxygens (including phenoxy) is 2. The van der Waals surface area contributed by atoms with Crippen LogP contribution in [0.4, 0.5) is 0 Å². The number of fused-ring (bicyclic) bond motifs is 1. The molecule has 0 aromatic heterocycles. The van der Waals surface area contributed by atoms with Gasteiger partial charge in [-0.1, -0.05) is 11.6 Å². The fourth-order valence-electron chi connectivity index (χ4n) is 2.12. The molecule has 0 radical (unpaired) electrons. The molecule has 2 rings (SSSR count). The van der Waals surface area contributed by atoms with Crippen LogP contribution in [-0.2, 0) is 6.42 Å². The van der Waals surface area contributed by atoms with E-state index >= 15 is 0 Å². The van der Waals surface area contributed by atoms with Gasteiger partial charge in [0.2, 0.25) is 0 Å². The lowest BCUT2D eigenvalue weighted by atomic mass is 9.96. The number of likely N-dealkylation sites (N-methyl/N-ethyl adjacent to an activating group) is 1. The number of hydrogen-bond acceptors (Lipinski definition) is 3. The maximum absolute atomic E-state index is 5.90. The van der Waals surface area contributed by atoms with Crippen molar-refractivity contribution in [1.82, 2.24) is 4.90 Å². The standard InChI is InChI=1S/C13H16ClNO2/c1-15-5-4-9-6-12(16-2)13(17-3)7-10(9)11(15)8-14/h6-8H,4-5H2,1-3H3/b11-8-. The van der Waals surface area contributed by atoms with Crippen LogP contribution in [0.25, 0.3) is 5.70 Å². The summed E-state index contributed by atoms with van der Waals surface area (Å²) in [6.45, 7) is 0.959. The van der Waals surface area contributed by atoms with Gasteiger partial charge in [-0.15, -0.1) is 0 Å². The summed E-state index contributed by atoms with van der Waals surface area (Å²) in [4.78, 5) is 2.14. The van der Waals surface area contributed by atoms with Crippen molar-refractivity contribution in [2.45, 2.75) is 6.42 Å². The molecule has 0 atom stereocenters. The van der Waals surface area contributed by atoms with E-state index in [4.69, 9.17) is 21.1 Å². The molecule has 0 spiro atoms. The molecule has 1 aliphatic rings. The zero-order chi connectivity index (χ0) is 12.4. The summed E-state index contributed by atoms with van der Waals surface area (Å²) in [5.74, 6) is 1.50. The van der Waals surface area contributed by atoms with E-state index < -0.39 is 0 Å². The highest BCUT2D eigenvalue weighted by Crippen LogP contribution is 2.37. The molecule has 17 heavy (non-hydrogen) atoms. The SMILES string of the molecule is COc1cc2c(cc1OC)/C(=C/Cl)N(C)CC2. The molecular weight excluding hydrogens is 238 g/mol. The summed E-state index contributed by atoms with van der Waals surface area (Å²) in [6, 6.07) is 4.01. The number of hydrogen-bond donors (Lipinski definition) is 0. The predicted octanol–water partition coefficient (Wildman–Crippen LogP) is 2.73. The highest BCUT2D eigenvalue weighted by atomic mass is 35.5. The fraction of sp³-hybridized carbons (Fsp3) is 0.385.